The first-order valence-electron chi connectivity index (χ1n) is 11.1. The Morgan fingerprint density at radius 3 is 2.29 bits per heavy atom. The van der Waals surface area contributed by atoms with Gasteiger partial charge in [-0.2, -0.15) is 0 Å². The third-order valence-corrected chi connectivity index (χ3v) is 6.53. The number of rotatable bonds is 9. The van der Waals surface area contributed by atoms with Crippen molar-refractivity contribution >= 4 is 35.0 Å². The lowest BCUT2D eigenvalue weighted by Gasteiger charge is -2.33. The van der Waals surface area contributed by atoms with Crippen LogP contribution in [0, 0.1) is 0 Å². The van der Waals surface area contributed by atoms with Crippen molar-refractivity contribution in [2.45, 2.75) is 70.5 Å². The van der Waals surface area contributed by atoms with Crippen molar-refractivity contribution in [3.8, 4) is 0 Å². The lowest BCUT2D eigenvalue weighted by molar-refractivity contribution is -0.141. The highest BCUT2D eigenvalue weighted by molar-refractivity contribution is 6.36. The predicted octanol–water partition coefficient (Wildman–Crippen LogP) is 5.79. The number of hydrogen-bond donors (Lipinski definition) is 1. The molecule has 4 nitrogen and oxygen atoms in total. The minimum absolute atomic E-state index is 0.0685. The number of nitrogens with one attached hydrogen (secondary N) is 1. The fraction of sp³-hybridized carbons (Fsp3) is 0.440. The minimum Gasteiger partial charge on any atom is -0.352 e. The molecule has 0 bridgehead atoms. The zero-order valence-electron chi connectivity index (χ0n) is 17.9. The lowest BCUT2D eigenvalue weighted by Crippen LogP contribution is -2.52. The first-order valence-corrected chi connectivity index (χ1v) is 11.8. The van der Waals surface area contributed by atoms with E-state index in [1.54, 1.807) is 23.1 Å². The molecular weight excluding hydrogens is 431 g/mol. The highest BCUT2D eigenvalue weighted by Crippen LogP contribution is 2.28. The van der Waals surface area contributed by atoms with Crippen LogP contribution in [0.25, 0.3) is 0 Å². The molecule has 2 aromatic rings. The number of hydrogen-bond acceptors (Lipinski definition) is 2. The van der Waals surface area contributed by atoms with E-state index >= 15 is 0 Å². The van der Waals surface area contributed by atoms with Crippen molar-refractivity contribution < 1.29 is 9.59 Å². The summed E-state index contributed by atoms with van der Waals surface area (Å²) < 4.78 is 0. The van der Waals surface area contributed by atoms with E-state index in [0.717, 1.165) is 31.2 Å². The van der Waals surface area contributed by atoms with Gasteiger partial charge in [0, 0.05) is 41.0 Å². The Morgan fingerprint density at radius 2 is 1.68 bits per heavy atom. The highest BCUT2D eigenvalue weighted by atomic mass is 35.5. The van der Waals surface area contributed by atoms with Crippen LogP contribution in [0.4, 0.5) is 0 Å². The maximum atomic E-state index is 13.4. The van der Waals surface area contributed by atoms with Gasteiger partial charge in [-0.25, -0.2) is 0 Å². The van der Waals surface area contributed by atoms with Crippen LogP contribution in [-0.2, 0) is 22.6 Å². The zero-order chi connectivity index (χ0) is 22.2. The van der Waals surface area contributed by atoms with Gasteiger partial charge in [-0.15, -0.1) is 0 Å². The smallest absolute Gasteiger partial charge is 0.243 e. The molecule has 2 aromatic carbocycles. The van der Waals surface area contributed by atoms with Crippen LogP contribution in [0.15, 0.2) is 48.5 Å². The second-order valence-electron chi connectivity index (χ2n) is 8.17. The number of benzene rings is 2. The molecule has 1 N–H and O–H groups in total. The van der Waals surface area contributed by atoms with Gasteiger partial charge in [0.05, 0.1) is 0 Å². The van der Waals surface area contributed by atoms with E-state index in [1.807, 2.05) is 37.3 Å². The van der Waals surface area contributed by atoms with Crippen molar-refractivity contribution in [3.63, 3.8) is 0 Å². The molecule has 1 saturated carbocycles. The van der Waals surface area contributed by atoms with E-state index in [2.05, 4.69) is 5.32 Å². The van der Waals surface area contributed by atoms with E-state index in [9.17, 15) is 9.59 Å². The molecular formula is C25H30Cl2N2O2. The summed E-state index contributed by atoms with van der Waals surface area (Å²) in [5.74, 6) is -0.177. The molecule has 6 heteroatoms. The van der Waals surface area contributed by atoms with Gasteiger partial charge in [0.1, 0.15) is 6.04 Å². The summed E-state index contributed by atoms with van der Waals surface area (Å²) in [4.78, 5) is 28.3. The summed E-state index contributed by atoms with van der Waals surface area (Å²) in [6, 6.07) is 14.7. The Labute approximate surface area is 194 Å². The average Bonchev–Trinajstić information content (AvgIpc) is 3.26. The maximum absolute atomic E-state index is 13.4. The van der Waals surface area contributed by atoms with Crippen molar-refractivity contribution in [2.75, 3.05) is 0 Å². The minimum atomic E-state index is -0.630. The molecule has 1 atom stereocenters. The van der Waals surface area contributed by atoms with Crippen LogP contribution in [0.3, 0.4) is 0 Å². The number of halogens is 2. The summed E-state index contributed by atoms with van der Waals surface area (Å²) in [7, 11) is 0. The van der Waals surface area contributed by atoms with E-state index in [0.29, 0.717) is 34.9 Å². The monoisotopic (exact) mass is 460 g/mol. The number of amides is 2. The normalized spacial score (nSPS) is 14.9. The van der Waals surface area contributed by atoms with Crippen LogP contribution in [-0.4, -0.2) is 28.8 Å². The Kier molecular flexibility index (Phi) is 8.79. The van der Waals surface area contributed by atoms with E-state index in [-0.39, 0.29) is 24.4 Å². The van der Waals surface area contributed by atoms with Gasteiger partial charge in [-0.05, 0) is 37.0 Å². The summed E-state index contributed by atoms with van der Waals surface area (Å²) in [6.45, 7) is 2.16. The Bertz CT molecular complexity index is 862. The molecule has 2 amide bonds. The Balaban J connectivity index is 1.93. The van der Waals surface area contributed by atoms with Gasteiger partial charge in [0.15, 0.2) is 0 Å². The predicted molar refractivity (Wildman–Crippen MR) is 126 cm³/mol. The zero-order valence-corrected chi connectivity index (χ0v) is 19.5. The van der Waals surface area contributed by atoms with Gasteiger partial charge >= 0.3 is 0 Å². The molecule has 1 fully saturated rings. The molecule has 0 unspecified atom stereocenters. The van der Waals surface area contributed by atoms with Gasteiger partial charge in [0.2, 0.25) is 11.8 Å². The number of carbonyl (C=O) groups is 2. The van der Waals surface area contributed by atoms with Crippen molar-refractivity contribution in [2.24, 2.45) is 0 Å². The molecule has 0 aliphatic heterocycles. The standard InChI is InChI=1S/C25H30Cl2N2O2/c1-2-9-24(30)29(17-20-21(26)14-8-15-22(20)27)23(16-18-10-4-3-5-11-18)25(31)28-19-12-6-7-13-19/h3-5,8,10-11,14-15,19,23H,2,6-7,9,12-13,16-17H2,1H3,(H,28,31)/t23-/m0/s1. The third kappa shape index (κ3) is 6.47. The molecule has 0 aromatic heterocycles. The van der Waals surface area contributed by atoms with E-state index in [4.69, 9.17) is 23.2 Å². The van der Waals surface area contributed by atoms with Gasteiger partial charge in [0.25, 0.3) is 0 Å². The Morgan fingerprint density at radius 1 is 1.03 bits per heavy atom. The molecule has 166 valence electrons. The molecule has 1 aliphatic carbocycles. The van der Waals surface area contributed by atoms with Gasteiger partial charge in [-0.1, -0.05) is 79.4 Å². The molecule has 0 saturated heterocycles. The van der Waals surface area contributed by atoms with Crippen molar-refractivity contribution in [1.29, 1.82) is 0 Å². The van der Waals surface area contributed by atoms with E-state index in [1.165, 1.54) is 0 Å². The summed E-state index contributed by atoms with van der Waals surface area (Å²) in [6.07, 6.45) is 5.74. The van der Waals surface area contributed by atoms with Gasteiger partial charge < -0.3 is 10.2 Å². The fourth-order valence-corrected chi connectivity index (χ4v) is 4.65. The fourth-order valence-electron chi connectivity index (χ4n) is 4.13. The first kappa shape index (κ1) is 23.6. The Hall–Kier alpha value is -2.04. The lowest BCUT2D eigenvalue weighted by atomic mass is 10.0. The molecule has 0 heterocycles. The molecule has 1 aliphatic rings. The molecule has 3 rings (SSSR count). The summed E-state index contributed by atoms with van der Waals surface area (Å²) >= 11 is 12.8. The quantitative estimate of drug-likeness (QED) is 0.514. The molecule has 0 radical (unpaired) electrons. The maximum Gasteiger partial charge on any atom is 0.243 e. The van der Waals surface area contributed by atoms with Crippen LogP contribution in [0.1, 0.15) is 56.6 Å². The molecule has 31 heavy (non-hydrogen) atoms. The van der Waals surface area contributed by atoms with Crippen molar-refractivity contribution in [3.05, 3.63) is 69.7 Å². The average molecular weight is 461 g/mol. The number of nitrogens with zero attached hydrogens (tertiary/aromatic N) is 1. The first-order chi connectivity index (χ1) is 15.0. The molecule has 0 spiro atoms. The SMILES string of the molecule is CCCC(=O)N(Cc1c(Cl)cccc1Cl)[C@@H](Cc1ccccc1)C(=O)NC1CCCC1. The van der Waals surface area contributed by atoms with Crippen LogP contribution < -0.4 is 5.32 Å². The second kappa shape index (κ2) is 11.5. The van der Waals surface area contributed by atoms with Crippen LogP contribution in [0.5, 0.6) is 0 Å². The number of carbonyl (C=O) groups excluding carboxylic acids is 2. The summed E-state index contributed by atoms with van der Waals surface area (Å²) in [5, 5.41) is 4.19. The van der Waals surface area contributed by atoms with Crippen LogP contribution >= 0.6 is 23.2 Å². The highest BCUT2D eigenvalue weighted by Gasteiger charge is 2.32. The largest absolute Gasteiger partial charge is 0.352 e. The van der Waals surface area contributed by atoms with Crippen molar-refractivity contribution in [1.82, 2.24) is 10.2 Å². The van der Waals surface area contributed by atoms with Crippen LogP contribution in [0.2, 0.25) is 10.0 Å². The van der Waals surface area contributed by atoms with Gasteiger partial charge in [-0.3, -0.25) is 9.59 Å². The second-order valence-corrected chi connectivity index (χ2v) is 8.98. The summed E-state index contributed by atoms with van der Waals surface area (Å²) in [5.41, 5.74) is 1.68. The topological polar surface area (TPSA) is 49.4 Å². The third-order valence-electron chi connectivity index (χ3n) is 5.83. The van der Waals surface area contributed by atoms with E-state index < -0.39 is 6.04 Å².